The van der Waals surface area contributed by atoms with Crippen LogP contribution in [0.25, 0.3) is 0 Å². The van der Waals surface area contributed by atoms with E-state index < -0.39 is 0 Å². The fourth-order valence-corrected chi connectivity index (χ4v) is 5.89. The monoisotopic (exact) mass is 480 g/mol. The van der Waals surface area contributed by atoms with E-state index in [9.17, 15) is 9.90 Å². The minimum atomic E-state index is -0.239. The fraction of sp³-hybridized carbons (Fsp3) is 0.519. The topological polar surface area (TPSA) is 80.7 Å². The second-order valence-electron chi connectivity index (χ2n) is 9.26. The van der Waals surface area contributed by atoms with E-state index in [1.165, 1.54) is 14.2 Å². The third-order valence-corrected chi connectivity index (χ3v) is 7.67. The molecule has 2 aromatic carbocycles. The van der Waals surface area contributed by atoms with Gasteiger partial charge in [-0.1, -0.05) is 19.9 Å². The highest BCUT2D eigenvalue weighted by molar-refractivity contribution is 6.04. The number of Topliss-reactive ketones (excluding diaryl/α,β-unsaturated/α-hetero) is 1. The molecule has 8 heteroatoms. The fourth-order valence-electron chi connectivity index (χ4n) is 5.89. The first-order valence-corrected chi connectivity index (χ1v) is 12.2. The number of aromatic hydroxyl groups is 1. The number of carbonyl (C=O) groups excluding carboxylic acids is 1. The Labute approximate surface area is 206 Å². The molecule has 0 spiro atoms. The maximum atomic E-state index is 13.2. The molecule has 2 atom stereocenters. The Morgan fingerprint density at radius 1 is 1.14 bits per heavy atom. The van der Waals surface area contributed by atoms with E-state index in [-0.39, 0.29) is 36.7 Å². The molecule has 0 aromatic heterocycles. The van der Waals surface area contributed by atoms with E-state index in [1.807, 2.05) is 7.05 Å². The smallest absolute Gasteiger partial charge is 0.231 e. The normalized spacial score (nSPS) is 20.6. The number of rotatable bonds is 7. The van der Waals surface area contributed by atoms with Gasteiger partial charge in [-0.05, 0) is 38.2 Å². The van der Waals surface area contributed by atoms with E-state index in [0.29, 0.717) is 35.1 Å². The van der Waals surface area contributed by atoms with Gasteiger partial charge in [0.15, 0.2) is 23.0 Å². The minimum Gasteiger partial charge on any atom is -0.504 e. The molecule has 2 unspecified atom stereocenters. The summed E-state index contributed by atoms with van der Waals surface area (Å²) in [7, 11) is 5.09. The van der Waals surface area contributed by atoms with Crippen LogP contribution in [-0.2, 0) is 13.0 Å². The number of ketones is 1. The van der Waals surface area contributed by atoms with E-state index >= 15 is 0 Å². The number of ether oxygens (including phenoxy) is 4. The van der Waals surface area contributed by atoms with Gasteiger partial charge in [0.05, 0.1) is 19.8 Å². The number of hydrogen-bond acceptors (Lipinski definition) is 8. The number of phenols is 1. The minimum absolute atomic E-state index is 0.0190. The number of fused-ring (bicyclic) bond motifs is 3. The molecule has 0 fully saturated rings. The molecule has 1 N–H and O–H groups in total. The lowest BCUT2D eigenvalue weighted by Crippen LogP contribution is -2.36. The van der Waals surface area contributed by atoms with E-state index in [0.717, 1.165) is 48.3 Å². The molecular weight excluding hydrogens is 448 g/mol. The summed E-state index contributed by atoms with van der Waals surface area (Å²) in [6, 6.07) is 5.97. The standard InChI is InChI=1S/C27H32N2O6/c1-6-29(7-2)13-18-16-10-11-28(3)23(22(16)24(31)27-25(18)34-14-35-27)17-12-19(30)21-15(17)8-9-20(32-4)26(21)33-5/h17,23,31H,6-7,10-14H2,1-5H3. The lowest BCUT2D eigenvalue weighted by atomic mass is 9.79. The predicted octanol–water partition coefficient (Wildman–Crippen LogP) is 3.48. The predicted molar refractivity (Wildman–Crippen MR) is 129 cm³/mol. The average molecular weight is 481 g/mol. The molecule has 0 radical (unpaired) electrons. The third-order valence-electron chi connectivity index (χ3n) is 7.67. The quantitative estimate of drug-likeness (QED) is 0.645. The van der Waals surface area contributed by atoms with Crippen LogP contribution in [0.3, 0.4) is 0 Å². The summed E-state index contributed by atoms with van der Waals surface area (Å²) in [5.41, 5.74) is 4.22. The number of hydrogen-bond donors (Lipinski definition) is 1. The van der Waals surface area contributed by atoms with Crippen molar-refractivity contribution in [2.75, 3.05) is 47.7 Å². The number of benzene rings is 1. The summed E-state index contributed by atoms with van der Waals surface area (Å²) in [6.45, 7) is 7.67. The van der Waals surface area contributed by atoms with Crippen LogP contribution in [0.5, 0.6) is 28.7 Å². The number of likely N-dealkylation sites (N-methyl/N-ethyl adjacent to an activating group) is 1. The second kappa shape index (κ2) is 9.14. The van der Waals surface area contributed by atoms with E-state index in [1.54, 1.807) is 0 Å². The summed E-state index contributed by atoms with van der Waals surface area (Å²) in [5, 5.41) is 11.5. The zero-order valence-corrected chi connectivity index (χ0v) is 21.0. The molecule has 0 bridgehead atoms. The van der Waals surface area contributed by atoms with Crippen LogP contribution in [-0.4, -0.2) is 68.4 Å². The molecule has 2 aromatic rings. The molecule has 186 valence electrons. The van der Waals surface area contributed by atoms with Crippen molar-refractivity contribution in [1.29, 1.82) is 0 Å². The molecule has 2 heterocycles. The first kappa shape index (κ1) is 23.6. The van der Waals surface area contributed by atoms with Gasteiger partial charge in [-0.25, -0.2) is 0 Å². The Morgan fingerprint density at radius 2 is 1.89 bits per heavy atom. The van der Waals surface area contributed by atoms with Crippen molar-refractivity contribution >= 4 is 5.78 Å². The van der Waals surface area contributed by atoms with E-state index in [4.69, 9.17) is 18.9 Å². The van der Waals surface area contributed by atoms with Gasteiger partial charge >= 0.3 is 0 Å². The first-order valence-electron chi connectivity index (χ1n) is 12.2. The van der Waals surface area contributed by atoms with Crippen LogP contribution in [0, 0.1) is 12.1 Å². The SMILES string of the molecule is CCN(CC)Cc1c2c(c(O)c3c1OCO3)C(C1CC(=O)c3c1c#cc(OC)c3OC)N(C)CC2. The number of methoxy groups -OCH3 is 2. The average Bonchev–Trinajstić information content (AvgIpc) is 3.49. The lowest BCUT2D eigenvalue weighted by molar-refractivity contribution is 0.0967. The first-order chi connectivity index (χ1) is 16.9. The van der Waals surface area contributed by atoms with Crippen molar-refractivity contribution in [3.63, 3.8) is 0 Å². The highest BCUT2D eigenvalue weighted by Crippen LogP contribution is 2.56. The van der Waals surface area contributed by atoms with E-state index in [2.05, 4.69) is 35.8 Å². The van der Waals surface area contributed by atoms with Crippen LogP contribution in [0.2, 0.25) is 0 Å². The molecule has 35 heavy (non-hydrogen) atoms. The van der Waals surface area contributed by atoms with Crippen molar-refractivity contribution in [2.45, 2.75) is 45.2 Å². The van der Waals surface area contributed by atoms with Gasteiger partial charge in [0.25, 0.3) is 0 Å². The lowest BCUT2D eigenvalue weighted by Gasteiger charge is -2.40. The van der Waals surface area contributed by atoms with Gasteiger partial charge in [0, 0.05) is 48.2 Å². The van der Waals surface area contributed by atoms with Gasteiger partial charge in [-0.2, -0.15) is 0 Å². The summed E-state index contributed by atoms with van der Waals surface area (Å²) < 4.78 is 22.5. The van der Waals surface area contributed by atoms with Crippen molar-refractivity contribution < 1.29 is 28.8 Å². The molecule has 3 aliphatic rings. The maximum Gasteiger partial charge on any atom is 0.231 e. The second-order valence-corrected chi connectivity index (χ2v) is 9.26. The number of phenolic OH excluding ortho intramolecular Hbond substituents is 1. The van der Waals surface area contributed by atoms with Gasteiger partial charge < -0.3 is 24.1 Å². The molecule has 1 aliphatic carbocycles. The van der Waals surface area contributed by atoms with Crippen LogP contribution >= 0.6 is 0 Å². The molecular formula is C27H32N2O6. The van der Waals surface area contributed by atoms with Crippen molar-refractivity contribution in [2.24, 2.45) is 0 Å². The number of nitrogens with zero attached hydrogens (tertiary/aromatic N) is 2. The van der Waals surface area contributed by atoms with Gasteiger partial charge in [0.2, 0.25) is 18.3 Å². The van der Waals surface area contributed by atoms with Crippen molar-refractivity contribution in [3.8, 4) is 28.7 Å². The Morgan fingerprint density at radius 3 is 2.57 bits per heavy atom. The highest BCUT2D eigenvalue weighted by atomic mass is 16.7. The van der Waals surface area contributed by atoms with Gasteiger partial charge in [-0.3, -0.25) is 14.6 Å². The molecule has 5 rings (SSSR count). The number of carbonyl (C=O) groups is 1. The van der Waals surface area contributed by atoms with Crippen molar-refractivity contribution in [3.05, 3.63) is 39.9 Å². The zero-order valence-electron chi connectivity index (χ0n) is 21.0. The molecule has 2 aliphatic heterocycles. The molecule has 8 nitrogen and oxygen atoms in total. The Kier molecular flexibility index (Phi) is 6.16. The van der Waals surface area contributed by atoms with Crippen molar-refractivity contribution in [1.82, 2.24) is 9.80 Å². The summed E-state index contributed by atoms with van der Waals surface area (Å²) in [5.74, 6) is 1.68. The van der Waals surface area contributed by atoms with Crippen LogP contribution in [0.15, 0.2) is 0 Å². The zero-order chi connectivity index (χ0) is 24.9. The Balaban J connectivity index is 1.68. The summed E-state index contributed by atoms with van der Waals surface area (Å²) >= 11 is 0. The molecule has 0 saturated carbocycles. The Hall–Kier alpha value is -3.15. The molecule has 0 saturated heterocycles. The van der Waals surface area contributed by atoms with Gasteiger partial charge in [0.1, 0.15) is 0 Å². The summed E-state index contributed by atoms with van der Waals surface area (Å²) in [4.78, 5) is 17.8. The largest absolute Gasteiger partial charge is 0.504 e. The third kappa shape index (κ3) is 3.57. The van der Waals surface area contributed by atoms with Crippen LogP contribution in [0.1, 0.15) is 64.8 Å². The molecule has 0 amide bonds. The Bertz CT molecular complexity index is 1160. The maximum absolute atomic E-state index is 13.2. The van der Waals surface area contributed by atoms with Crippen LogP contribution < -0.4 is 18.9 Å². The highest BCUT2D eigenvalue weighted by Gasteiger charge is 2.45. The van der Waals surface area contributed by atoms with Gasteiger partial charge in [-0.15, -0.1) is 0 Å². The summed E-state index contributed by atoms with van der Waals surface area (Å²) in [6.07, 6.45) is 1.06. The van der Waals surface area contributed by atoms with Crippen LogP contribution in [0.4, 0.5) is 0 Å².